The summed E-state index contributed by atoms with van der Waals surface area (Å²) >= 11 is 0. The van der Waals surface area contributed by atoms with Crippen molar-refractivity contribution in [2.45, 2.75) is 19.9 Å². The molecule has 1 aromatic heterocycles. The highest BCUT2D eigenvalue weighted by molar-refractivity contribution is 5.94. The zero-order valence-electron chi connectivity index (χ0n) is 13.6. The van der Waals surface area contributed by atoms with E-state index in [1.807, 2.05) is 0 Å². The fraction of sp³-hybridized carbons (Fsp3) is 0.733. The quantitative estimate of drug-likeness (QED) is 0.710. The van der Waals surface area contributed by atoms with Gasteiger partial charge in [-0.25, -0.2) is 0 Å². The van der Waals surface area contributed by atoms with Crippen LogP contribution < -0.4 is 10.6 Å². The molecule has 3 N–H and O–H groups in total. The van der Waals surface area contributed by atoms with Crippen LogP contribution in [0, 0.1) is 5.92 Å². The smallest absolute Gasteiger partial charge is 0.272 e. The molecule has 0 spiro atoms. The lowest BCUT2D eigenvalue weighted by Crippen LogP contribution is -2.41. The molecule has 1 atom stereocenters. The van der Waals surface area contributed by atoms with Gasteiger partial charge in [-0.15, -0.1) is 12.4 Å². The van der Waals surface area contributed by atoms with E-state index >= 15 is 0 Å². The zero-order valence-corrected chi connectivity index (χ0v) is 14.4. The number of fused-ring (bicyclic) bond motifs is 1. The average molecular weight is 344 g/mol. The maximum absolute atomic E-state index is 12.3. The third kappa shape index (κ3) is 4.67. The van der Waals surface area contributed by atoms with Crippen LogP contribution in [0.1, 0.15) is 28.7 Å². The maximum atomic E-state index is 12.3. The number of morpholine rings is 1. The number of aromatic nitrogens is 2. The molecule has 0 radical (unpaired) electrons. The third-order valence-electron chi connectivity index (χ3n) is 4.31. The monoisotopic (exact) mass is 343 g/mol. The molecule has 1 saturated heterocycles. The van der Waals surface area contributed by atoms with Gasteiger partial charge in [0.2, 0.25) is 0 Å². The molecule has 2 aliphatic rings. The van der Waals surface area contributed by atoms with Crippen LogP contribution >= 0.6 is 12.4 Å². The molecule has 1 fully saturated rings. The standard InChI is InChI=1S/C15H25N5O2.ClH/c1-11(10-20-4-6-22-7-5-20)8-17-15(21)14-12-9-16-3-2-13(12)18-19-14;/h11,16H,2-10H2,1H3,(H,17,21)(H,18,19);1H. The Balaban J connectivity index is 0.00000192. The number of carbonyl (C=O) groups is 1. The van der Waals surface area contributed by atoms with E-state index in [1.54, 1.807) is 0 Å². The van der Waals surface area contributed by atoms with Crippen molar-refractivity contribution in [1.82, 2.24) is 25.7 Å². The number of ether oxygens (including phenoxy) is 1. The molecule has 0 aliphatic carbocycles. The van der Waals surface area contributed by atoms with Crippen molar-refractivity contribution in [3.8, 4) is 0 Å². The van der Waals surface area contributed by atoms with Gasteiger partial charge in [-0.05, 0) is 5.92 Å². The van der Waals surface area contributed by atoms with Gasteiger partial charge in [0.15, 0.2) is 5.69 Å². The summed E-state index contributed by atoms with van der Waals surface area (Å²) in [5.74, 6) is 0.338. The van der Waals surface area contributed by atoms with Crippen molar-refractivity contribution in [1.29, 1.82) is 0 Å². The Kier molecular flexibility index (Phi) is 6.83. The summed E-state index contributed by atoms with van der Waals surface area (Å²) in [6, 6.07) is 0. The van der Waals surface area contributed by atoms with Gasteiger partial charge in [0.1, 0.15) is 0 Å². The minimum absolute atomic E-state index is 0. The summed E-state index contributed by atoms with van der Waals surface area (Å²) in [7, 11) is 0. The highest BCUT2D eigenvalue weighted by atomic mass is 35.5. The number of nitrogens with zero attached hydrogens (tertiary/aromatic N) is 2. The molecule has 130 valence electrons. The van der Waals surface area contributed by atoms with Crippen molar-refractivity contribution < 1.29 is 9.53 Å². The van der Waals surface area contributed by atoms with E-state index in [-0.39, 0.29) is 18.3 Å². The van der Waals surface area contributed by atoms with E-state index in [1.165, 1.54) is 0 Å². The molecular formula is C15H26ClN5O2. The summed E-state index contributed by atoms with van der Waals surface area (Å²) in [5.41, 5.74) is 2.65. The van der Waals surface area contributed by atoms with Crippen LogP contribution in [0.4, 0.5) is 0 Å². The van der Waals surface area contributed by atoms with Crippen molar-refractivity contribution in [2.75, 3.05) is 45.9 Å². The molecule has 7 nitrogen and oxygen atoms in total. The Morgan fingerprint density at radius 3 is 3.00 bits per heavy atom. The normalized spacial score (nSPS) is 19.5. The second-order valence-electron chi connectivity index (χ2n) is 6.18. The molecule has 0 bridgehead atoms. The lowest BCUT2D eigenvalue weighted by Gasteiger charge is -2.29. The number of amides is 1. The van der Waals surface area contributed by atoms with Crippen LogP contribution in [0.25, 0.3) is 0 Å². The average Bonchev–Trinajstić information content (AvgIpc) is 2.98. The summed E-state index contributed by atoms with van der Waals surface area (Å²) in [5, 5.41) is 13.5. The predicted molar refractivity (Wildman–Crippen MR) is 90.0 cm³/mol. The van der Waals surface area contributed by atoms with Crippen molar-refractivity contribution in [2.24, 2.45) is 5.92 Å². The van der Waals surface area contributed by atoms with E-state index in [4.69, 9.17) is 4.74 Å². The predicted octanol–water partition coefficient (Wildman–Crippen LogP) is 0.175. The zero-order chi connectivity index (χ0) is 15.4. The minimum Gasteiger partial charge on any atom is -0.379 e. The number of rotatable bonds is 5. The van der Waals surface area contributed by atoms with Gasteiger partial charge in [-0.1, -0.05) is 6.92 Å². The lowest BCUT2D eigenvalue weighted by atomic mass is 10.1. The maximum Gasteiger partial charge on any atom is 0.272 e. The van der Waals surface area contributed by atoms with Crippen LogP contribution in [0.5, 0.6) is 0 Å². The second-order valence-corrected chi connectivity index (χ2v) is 6.18. The number of carbonyl (C=O) groups excluding carboxylic acids is 1. The van der Waals surface area contributed by atoms with Gasteiger partial charge >= 0.3 is 0 Å². The number of nitrogens with one attached hydrogen (secondary N) is 3. The van der Waals surface area contributed by atoms with Crippen molar-refractivity contribution in [3.05, 3.63) is 17.0 Å². The lowest BCUT2D eigenvalue weighted by molar-refractivity contribution is 0.0317. The van der Waals surface area contributed by atoms with Crippen LogP contribution in [0.3, 0.4) is 0 Å². The summed E-state index contributed by atoms with van der Waals surface area (Å²) in [6.07, 6.45) is 0.906. The Morgan fingerprint density at radius 2 is 2.22 bits per heavy atom. The van der Waals surface area contributed by atoms with Crippen LogP contribution in [-0.4, -0.2) is 66.9 Å². The molecule has 2 aliphatic heterocycles. The molecular weight excluding hydrogens is 318 g/mol. The first-order valence-electron chi connectivity index (χ1n) is 8.09. The highest BCUT2D eigenvalue weighted by Gasteiger charge is 2.22. The largest absolute Gasteiger partial charge is 0.379 e. The van der Waals surface area contributed by atoms with E-state index in [9.17, 15) is 4.79 Å². The fourth-order valence-electron chi connectivity index (χ4n) is 3.05. The van der Waals surface area contributed by atoms with E-state index in [0.717, 1.165) is 63.6 Å². The summed E-state index contributed by atoms with van der Waals surface area (Å²) < 4.78 is 5.35. The van der Waals surface area contributed by atoms with Crippen LogP contribution in [-0.2, 0) is 17.7 Å². The summed E-state index contributed by atoms with van der Waals surface area (Å²) in [4.78, 5) is 14.7. The van der Waals surface area contributed by atoms with Crippen molar-refractivity contribution in [3.63, 3.8) is 0 Å². The fourth-order valence-corrected chi connectivity index (χ4v) is 3.05. The molecule has 1 amide bonds. The first-order chi connectivity index (χ1) is 10.7. The van der Waals surface area contributed by atoms with Gasteiger partial charge in [0.25, 0.3) is 5.91 Å². The second kappa shape index (κ2) is 8.63. The van der Waals surface area contributed by atoms with Gasteiger partial charge in [0.05, 0.1) is 13.2 Å². The first kappa shape index (κ1) is 18.2. The number of H-pyrrole nitrogens is 1. The molecule has 8 heteroatoms. The van der Waals surface area contributed by atoms with E-state index < -0.39 is 0 Å². The summed E-state index contributed by atoms with van der Waals surface area (Å²) in [6.45, 7) is 9.07. The highest BCUT2D eigenvalue weighted by Crippen LogP contribution is 2.15. The number of halogens is 1. The number of hydrogen-bond acceptors (Lipinski definition) is 5. The third-order valence-corrected chi connectivity index (χ3v) is 4.31. The topological polar surface area (TPSA) is 82.3 Å². The Hall–Kier alpha value is -1.15. The molecule has 1 aromatic rings. The number of hydrogen-bond donors (Lipinski definition) is 3. The molecule has 0 aromatic carbocycles. The Labute approximate surface area is 142 Å². The first-order valence-corrected chi connectivity index (χ1v) is 8.09. The Morgan fingerprint density at radius 1 is 1.43 bits per heavy atom. The van der Waals surface area contributed by atoms with Crippen LogP contribution in [0.15, 0.2) is 0 Å². The van der Waals surface area contributed by atoms with E-state index in [2.05, 4.69) is 32.7 Å². The van der Waals surface area contributed by atoms with Gasteiger partial charge in [-0.3, -0.25) is 14.8 Å². The molecule has 3 rings (SSSR count). The van der Waals surface area contributed by atoms with Gasteiger partial charge in [-0.2, -0.15) is 5.10 Å². The van der Waals surface area contributed by atoms with Gasteiger partial charge < -0.3 is 15.4 Å². The number of aromatic amines is 1. The SMILES string of the molecule is CC(CNC(=O)c1n[nH]c2c1CNCC2)CN1CCOCC1.Cl. The minimum atomic E-state index is -0.0740. The molecule has 1 unspecified atom stereocenters. The molecule has 3 heterocycles. The molecule has 0 saturated carbocycles. The molecule has 23 heavy (non-hydrogen) atoms. The van der Waals surface area contributed by atoms with E-state index in [0.29, 0.717) is 18.2 Å². The Bertz CT molecular complexity index is 516. The van der Waals surface area contributed by atoms with Crippen LogP contribution in [0.2, 0.25) is 0 Å². The van der Waals surface area contributed by atoms with Crippen molar-refractivity contribution >= 4 is 18.3 Å². The van der Waals surface area contributed by atoms with Gasteiger partial charge in [0, 0.05) is 56.9 Å².